The first-order valence-electron chi connectivity index (χ1n) is 3.12. The van der Waals surface area contributed by atoms with Crippen molar-refractivity contribution in [1.82, 2.24) is 4.98 Å². The standard InChI is InChI=1S/C7H5BrF2IN/c1-3-2-12-7(11)5(8)4(3)6(9)10/h2,6H,1H3. The summed E-state index contributed by atoms with van der Waals surface area (Å²) in [5, 5.41) is 0. The number of aryl methyl sites for hydroxylation is 1. The van der Waals surface area contributed by atoms with E-state index in [9.17, 15) is 8.78 Å². The summed E-state index contributed by atoms with van der Waals surface area (Å²) in [6.45, 7) is 1.62. The molecule has 1 aromatic rings. The highest BCUT2D eigenvalue weighted by atomic mass is 127. The highest BCUT2D eigenvalue weighted by molar-refractivity contribution is 14.1. The number of halogens is 4. The van der Waals surface area contributed by atoms with Gasteiger partial charge in [0.25, 0.3) is 6.43 Å². The van der Waals surface area contributed by atoms with Gasteiger partial charge < -0.3 is 0 Å². The number of nitrogens with zero attached hydrogens (tertiary/aromatic N) is 1. The van der Waals surface area contributed by atoms with Gasteiger partial charge in [0.1, 0.15) is 3.70 Å². The van der Waals surface area contributed by atoms with Crippen molar-refractivity contribution in [3.05, 3.63) is 25.5 Å². The van der Waals surface area contributed by atoms with Gasteiger partial charge >= 0.3 is 0 Å². The van der Waals surface area contributed by atoms with E-state index in [0.717, 1.165) is 0 Å². The Morgan fingerprint density at radius 3 is 2.58 bits per heavy atom. The molecule has 1 aromatic heterocycles. The predicted molar refractivity (Wildman–Crippen MR) is 54.3 cm³/mol. The SMILES string of the molecule is Cc1cnc(I)c(Br)c1C(F)F. The van der Waals surface area contributed by atoms with Gasteiger partial charge in [-0.2, -0.15) is 0 Å². The molecule has 0 spiro atoms. The van der Waals surface area contributed by atoms with Crippen LogP contribution in [0.5, 0.6) is 0 Å². The maximum absolute atomic E-state index is 12.4. The number of hydrogen-bond acceptors (Lipinski definition) is 1. The number of aromatic nitrogens is 1. The predicted octanol–water partition coefficient (Wildman–Crippen LogP) is 3.69. The van der Waals surface area contributed by atoms with Crippen LogP contribution in [0.1, 0.15) is 17.6 Å². The van der Waals surface area contributed by atoms with Gasteiger partial charge in [-0.15, -0.1) is 0 Å². The van der Waals surface area contributed by atoms with Crippen molar-refractivity contribution >= 4 is 38.5 Å². The van der Waals surface area contributed by atoms with E-state index in [0.29, 0.717) is 13.7 Å². The van der Waals surface area contributed by atoms with Gasteiger partial charge in [-0.1, -0.05) is 0 Å². The molecule has 0 aliphatic rings. The summed E-state index contributed by atoms with van der Waals surface area (Å²) in [6, 6.07) is 0. The molecule has 1 heterocycles. The third-order valence-corrected chi connectivity index (χ3v) is 3.79. The second kappa shape index (κ2) is 3.95. The van der Waals surface area contributed by atoms with Crippen molar-refractivity contribution in [3.63, 3.8) is 0 Å². The summed E-state index contributed by atoms with van der Waals surface area (Å²) >= 11 is 4.99. The lowest BCUT2D eigenvalue weighted by molar-refractivity contribution is 0.149. The lowest BCUT2D eigenvalue weighted by Gasteiger charge is -2.07. The summed E-state index contributed by atoms with van der Waals surface area (Å²) in [4.78, 5) is 3.93. The molecular weight excluding hydrogens is 343 g/mol. The molecule has 0 aliphatic carbocycles. The van der Waals surface area contributed by atoms with Crippen LogP contribution in [0, 0.1) is 10.6 Å². The summed E-state index contributed by atoms with van der Waals surface area (Å²) in [5.74, 6) is 0. The summed E-state index contributed by atoms with van der Waals surface area (Å²) < 4.78 is 25.8. The largest absolute Gasteiger partial charge is 0.265 e. The first-order chi connectivity index (χ1) is 5.54. The monoisotopic (exact) mass is 347 g/mol. The molecule has 0 amide bonds. The summed E-state index contributed by atoms with van der Waals surface area (Å²) in [5.41, 5.74) is 0.548. The van der Waals surface area contributed by atoms with Gasteiger partial charge in [-0.05, 0) is 51.0 Å². The molecule has 0 unspecified atom stereocenters. The van der Waals surface area contributed by atoms with Crippen molar-refractivity contribution in [1.29, 1.82) is 0 Å². The third kappa shape index (κ3) is 1.93. The Kier molecular flexibility index (Phi) is 3.39. The third-order valence-electron chi connectivity index (χ3n) is 1.43. The molecule has 0 bridgehead atoms. The van der Waals surface area contributed by atoms with Crippen LogP contribution in [0.3, 0.4) is 0 Å². The molecule has 1 nitrogen and oxygen atoms in total. The average molecular weight is 348 g/mol. The van der Waals surface area contributed by atoms with E-state index in [1.165, 1.54) is 6.20 Å². The molecule has 0 saturated heterocycles. The van der Waals surface area contributed by atoms with E-state index in [-0.39, 0.29) is 5.56 Å². The van der Waals surface area contributed by atoms with Crippen molar-refractivity contribution in [2.24, 2.45) is 0 Å². The fourth-order valence-corrected chi connectivity index (χ4v) is 1.85. The van der Waals surface area contributed by atoms with Gasteiger partial charge in [0.15, 0.2) is 0 Å². The van der Waals surface area contributed by atoms with Gasteiger partial charge in [-0.25, -0.2) is 13.8 Å². The number of hydrogen-bond donors (Lipinski definition) is 0. The van der Waals surface area contributed by atoms with E-state index in [1.54, 1.807) is 6.92 Å². The first kappa shape index (κ1) is 10.3. The van der Waals surface area contributed by atoms with Crippen molar-refractivity contribution in [2.75, 3.05) is 0 Å². The fourth-order valence-electron chi connectivity index (χ4n) is 0.832. The molecule has 1 rings (SSSR count). The minimum atomic E-state index is -2.45. The number of rotatable bonds is 1. The Bertz CT molecular complexity index is 304. The molecule has 0 N–H and O–H groups in total. The van der Waals surface area contributed by atoms with Gasteiger partial charge in [0.2, 0.25) is 0 Å². The van der Waals surface area contributed by atoms with Crippen LogP contribution < -0.4 is 0 Å². The van der Waals surface area contributed by atoms with Crippen LogP contribution in [-0.2, 0) is 0 Å². The molecule has 0 aliphatic heterocycles. The zero-order valence-electron chi connectivity index (χ0n) is 6.11. The zero-order valence-corrected chi connectivity index (χ0v) is 9.86. The average Bonchev–Trinajstić information content (AvgIpc) is 1.97. The van der Waals surface area contributed by atoms with Gasteiger partial charge in [-0.3, -0.25) is 0 Å². The molecular formula is C7H5BrF2IN. The minimum Gasteiger partial charge on any atom is -0.249 e. The molecule has 0 fully saturated rings. The van der Waals surface area contributed by atoms with Crippen LogP contribution in [0.15, 0.2) is 10.7 Å². The van der Waals surface area contributed by atoms with E-state index >= 15 is 0 Å². The van der Waals surface area contributed by atoms with Crippen LogP contribution in [0.2, 0.25) is 0 Å². The second-order valence-electron chi connectivity index (χ2n) is 2.26. The Balaban J connectivity index is 3.33. The summed E-state index contributed by atoms with van der Waals surface area (Å²) in [7, 11) is 0. The molecule has 12 heavy (non-hydrogen) atoms. The van der Waals surface area contributed by atoms with Gasteiger partial charge in [0, 0.05) is 11.8 Å². The van der Waals surface area contributed by atoms with E-state index in [4.69, 9.17) is 0 Å². The molecule has 0 saturated carbocycles. The highest BCUT2D eigenvalue weighted by Crippen LogP contribution is 2.32. The van der Waals surface area contributed by atoms with Gasteiger partial charge in [0.05, 0.1) is 4.47 Å². The van der Waals surface area contributed by atoms with E-state index < -0.39 is 6.43 Å². The Hall–Kier alpha value is 0.220. The maximum Gasteiger partial charge on any atom is 0.265 e. The Morgan fingerprint density at radius 1 is 1.58 bits per heavy atom. The minimum absolute atomic E-state index is 0.0365. The van der Waals surface area contributed by atoms with Crippen molar-refractivity contribution in [2.45, 2.75) is 13.3 Å². The maximum atomic E-state index is 12.4. The number of alkyl halides is 2. The van der Waals surface area contributed by atoms with E-state index in [1.807, 2.05) is 22.6 Å². The summed E-state index contributed by atoms with van der Waals surface area (Å²) in [6.07, 6.45) is -0.996. The quantitative estimate of drug-likeness (QED) is 0.557. The topological polar surface area (TPSA) is 12.9 Å². The van der Waals surface area contributed by atoms with Crippen molar-refractivity contribution in [3.8, 4) is 0 Å². The Morgan fingerprint density at radius 2 is 2.17 bits per heavy atom. The molecule has 66 valence electrons. The van der Waals surface area contributed by atoms with Crippen molar-refractivity contribution < 1.29 is 8.78 Å². The molecule has 5 heteroatoms. The molecule has 0 radical (unpaired) electrons. The smallest absolute Gasteiger partial charge is 0.249 e. The molecule has 0 aromatic carbocycles. The normalized spacial score (nSPS) is 10.8. The first-order valence-corrected chi connectivity index (χ1v) is 5.00. The fraction of sp³-hybridized carbons (Fsp3) is 0.286. The lowest BCUT2D eigenvalue weighted by Crippen LogP contribution is -1.96. The molecule has 0 atom stereocenters. The van der Waals surface area contributed by atoms with Crippen LogP contribution in [-0.4, -0.2) is 4.98 Å². The number of pyridine rings is 1. The lowest BCUT2D eigenvalue weighted by atomic mass is 10.2. The zero-order chi connectivity index (χ0) is 9.30. The van der Waals surface area contributed by atoms with Crippen LogP contribution in [0.4, 0.5) is 8.78 Å². The van der Waals surface area contributed by atoms with Crippen LogP contribution in [0.25, 0.3) is 0 Å². The highest BCUT2D eigenvalue weighted by Gasteiger charge is 2.16. The van der Waals surface area contributed by atoms with E-state index in [2.05, 4.69) is 20.9 Å². The Labute approximate surface area is 90.8 Å². The second-order valence-corrected chi connectivity index (χ2v) is 4.08. The van der Waals surface area contributed by atoms with Crippen LogP contribution >= 0.6 is 38.5 Å².